The first-order valence-electron chi connectivity index (χ1n) is 11.9. The summed E-state index contributed by atoms with van der Waals surface area (Å²) in [5.41, 5.74) is 2.68. The van der Waals surface area contributed by atoms with Crippen LogP contribution in [0.4, 0.5) is 21.5 Å². The van der Waals surface area contributed by atoms with E-state index in [0.717, 1.165) is 37.0 Å². The number of carbonyl (C=O) groups excluding carboxylic acids is 1. The molecule has 0 spiro atoms. The maximum Gasteiger partial charge on any atom is 0.248 e. The molecule has 1 aliphatic carbocycles. The fourth-order valence-corrected chi connectivity index (χ4v) is 3.87. The number of amides is 1. The van der Waals surface area contributed by atoms with E-state index < -0.39 is 5.82 Å². The van der Waals surface area contributed by atoms with E-state index in [4.69, 9.17) is 16.3 Å². The number of pyridine rings is 1. The second-order valence-corrected chi connectivity index (χ2v) is 9.02. The summed E-state index contributed by atoms with van der Waals surface area (Å²) in [7, 11) is 0. The molecular weight excluding hydrogens is 467 g/mol. The van der Waals surface area contributed by atoms with Crippen molar-refractivity contribution in [3.8, 4) is 5.75 Å². The van der Waals surface area contributed by atoms with Crippen LogP contribution in [0, 0.1) is 11.7 Å². The number of halogens is 2. The summed E-state index contributed by atoms with van der Waals surface area (Å²) in [6.07, 6.45) is 7.43. The smallest absolute Gasteiger partial charge is 0.248 e. The zero-order valence-corrected chi connectivity index (χ0v) is 20.7. The third-order valence-electron chi connectivity index (χ3n) is 6.00. The van der Waals surface area contributed by atoms with E-state index in [0.29, 0.717) is 41.7 Å². The quantitative estimate of drug-likeness (QED) is 0.301. The van der Waals surface area contributed by atoms with Crippen molar-refractivity contribution in [1.29, 1.82) is 0 Å². The molecule has 2 aromatic carbocycles. The fraction of sp³-hybridized carbons (Fsp3) is 0.333. The van der Waals surface area contributed by atoms with Gasteiger partial charge >= 0.3 is 0 Å². The van der Waals surface area contributed by atoms with Gasteiger partial charge in [-0.15, -0.1) is 0 Å². The number of aromatic nitrogens is 1. The molecule has 3 aromatic rings. The summed E-state index contributed by atoms with van der Waals surface area (Å²) in [5, 5.41) is 7.06. The average molecular weight is 497 g/mol. The number of nitrogens with one attached hydrogen (secondary N) is 2. The van der Waals surface area contributed by atoms with Gasteiger partial charge in [-0.1, -0.05) is 31.5 Å². The Hall–Kier alpha value is -3.16. The molecule has 35 heavy (non-hydrogen) atoms. The monoisotopic (exact) mass is 496 g/mol. The summed E-state index contributed by atoms with van der Waals surface area (Å²) >= 11 is 5.95. The largest absolute Gasteiger partial charge is 0.491 e. The molecule has 1 aliphatic rings. The number of rotatable bonds is 11. The molecule has 0 radical (unpaired) electrons. The summed E-state index contributed by atoms with van der Waals surface area (Å²) in [6.45, 7) is 7.35. The van der Waals surface area contributed by atoms with Gasteiger partial charge in [0.2, 0.25) is 5.91 Å². The van der Waals surface area contributed by atoms with E-state index in [1.165, 1.54) is 12.1 Å². The molecule has 1 fully saturated rings. The van der Waals surface area contributed by atoms with Crippen molar-refractivity contribution in [2.75, 3.05) is 36.9 Å². The van der Waals surface area contributed by atoms with Gasteiger partial charge in [-0.05, 0) is 62.2 Å². The second-order valence-electron chi connectivity index (χ2n) is 8.61. The zero-order valence-electron chi connectivity index (χ0n) is 20.0. The Kier molecular flexibility index (Phi) is 8.21. The van der Waals surface area contributed by atoms with Crippen LogP contribution in [0.2, 0.25) is 5.02 Å². The highest BCUT2D eigenvalue weighted by Gasteiger charge is 2.23. The molecule has 1 aromatic heterocycles. The molecule has 6 nitrogen and oxygen atoms in total. The number of fused-ring (bicyclic) bond motifs is 1. The molecule has 4 rings (SSSR count). The molecule has 0 aliphatic heterocycles. The Bertz CT molecular complexity index is 1230. The maximum absolute atomic E-state index is 13.6. The number of carbonyl (C=O) groups is 1. The minimum Gasteiger partial charge on any atom is -0.491 e. The Labute approximate surface area is 210 Å². The van der Waals surface area contributed by atoms with Crippen LogP contribution in [0.5, 0.6) is 5.75 Å². The van der Waals surface area contributed by atoms with Gasteiger partial charge in [-0.25, -0.2) is 4.39 Å². The van der Waals surface area contributed by atoms with Crippen molar-refractivity contribution in [1.82, 2.24) is 9.88 Å². The van der Waals surface area contributed by atoms with Gasteiger partial charge in [0.25, 0.3) is 0 Å². The highest BCUT2D eigenvalue weighted by Crippen LogP contribution is 2.36. The van der Waals surface area contributed by atoms with E-state index in [1.807, 2.05) is 24.3 Å². The molecule has 0 bridgehead atoms. The highest BCUT2D eigenvalue weighted by molar-refractivity contribution is 6.31. The molecule has 184 valence electrons. The van der Waals surface area contributed by atoms with E-state index in [1.54, 1.807) is 18.3 Å². The Balaban J connectivity index is 1.61. The Morgan fingerprint density at radius 3 is 2.71 bits per heavy atom. The standard InChI is InChI=1S/C27H30ClFN4O2/c1-3-33(4-2)13-5-6-27(34)32-25-15-20-23(31-19-9-10-22(29)21(28)14-19)11-12-30-24(20)16-26(25)35-17-18-7-8-18/h5-6,9-12,14-16,18H,3-4,7-8,13,17H2,1-2H3,(H,30,31)(H,32,34)/b6-5+. The number of nitrogens with zero attached hydrogens (tertiary/aromatic N) is 2. The molecule has 1 heterocycles. The van der Waals surface area contributed by atoms with Crippen molar-refractivity contribution in [2.24, 2.45) is 5.92 Å². The van der Waals surface area contributed by atoms with Crippen LogP contribution in [0.25, 0.3) is 10.9 Å². The number of likely N-dealkylation sites (N-methyl/N-ethyl adjacent to an activating group) is 1. The van der Waals surface area contributed by atoms with Crippen molar-refractivity contribution in [3.05, 3.63) is 65.6 Å². The summed E-state index contributed by atoms with van der Waals surface area (Å²) in [5.74, 6) is 0.446. The third kappa shape index (κ3) is 6.71. The first-order valence-corrected chi connectivity index (χ1v) is 12.3. The van der Waals surface area contributed by atoms with Gasteiger partial charge < -0.3 is 20.3 Å². The van der Waals surface area contributed by atoms with Crippen molar-refractivity contribution in [3.63, 3.8) is 0 Å². The number of anilines is 3. The topological polar surface area (TPSA) is 66.5 Å². The van der Waals surface area contributed by atoms with Gasteiger partial charge in [0.15, 0.2) is 0 Å². The number of hydrogen-bond acceptors (Lipinski definition) is 5. The SMILES string of the molecule is CCN(CC)C/C=C/C(=O)Nc1cc2c(Nc3ccc(F)c(Cl)c3)ccnc2cc1OCC1CC1. The minimum absolute atomic E-state index is 0.0357. The summed E-state index contributed by atoms with van der Waals surface area (Å²) in [4.78, 5) is 19.4. The third-order valence-corrected chi connectivity index (χ3v) is 6.29. The highest BCUT2D eigenvalue weighted by atomic mass is 35.5. The minimum atomic E-state index is -0.478. The maximum atomic E-state index is 13.6. The lowest BCUT2D eigenvalue weighted by molar-refractivity contribution is -0.111. The van der Waals surface area contributed by atoms with Crippen LogP contribution in [0.15, 0.2) is 54.7 Å². The van der Waals surface area contributed by atoms with Gasteiger partial charge in [-0.3, -0.25) is 9.78 Å². The number of hydrogen-bond donors (Lipinski definition) is 2. The molecule has 0 unspecified atom stereocenters. The van der Waals surface area contributed by atoms with Crippen LogP contribution in [0.1, 0.15) is 26.7 Å². The summed E-state index contributed by atoms with van der Waals surface area (Å²) in [6, 6.07) is 9.97. The van der Waals surface area contributed by atoms with Crippen LogP contribution < -0.4 is 15.4 Å². The fourth-order valence-electron chi connectivity index (χ4n) is 3.69. The molecule has 1 amide bonds. The molecule has 2 N–H and O–H groups in total. The second kappa shape index (κ2) is 11.5. The van der Waals surface area contributed by atoms with E-state index in [9.17, 15) is 9.18 Å². The van der Waals surface area contributed by atoms with Crippen LogP contribution in [0.3, 0.4) is 0 Å². The van der Waals surface area contributed by atoms with Crippen LogP contribution in [-0.2, 0) is 4.79 Å². The first kappa shape index (κ1) is 24.9. The zero-order chi connectivity index (χ0) is 24.8. The van der Waals surface area contributed by atoms with Crippen LogP contribution >= 0.6 is 11.6 Å². The predicted molar refractivity (Wildman–Crippen MR) is 140 cm³/mol. The normalized spacial score (nSPS) is 13.5. The molecule has 8 heteroatoms. The lowest BCUT2D eigenvalue weighted by Gasteiger charge is -2.16. The molecule has 0 atom stereocenters. The summed E-state index contributed by atoms with van der Waals surface area (Å²) < 4.78 is 19.7. The Morgan fingerprint density at radius 2 is 2.00 bits per heavy atom. The van der Waals surface area contributed by atoms with Gasteiger partial charge in [0, 0.05) is 41.6 Å². The first-order chi connectivity index (χ1) is 17.0. The van der Waals surface area contributed by atoms with Crippen LogP contribution in [-0.4, -0.2) is 42.0 Å². The molecule has 1 saturated carbocycles. The average Bonchev–Trinajstić information content (AvgIpc) is 3.68. The van der Waals surface area contributed by atoms with Gasteiger partial charge in [0.05, 0.1) is 22.8 Å². The lowest BCUT2D eigenvalue weighted by atomic mass is 10.1. The van der Waals surface area contributed by atoms with E-state index in [2.05, 4.69) is 34.4 Å². The van der Waals surface area contributed by atoms with Gasteiger partial charge in [-0.2, -0.15) is 0 Å². The predicted octanol–water partition coefficient (Wildman–Crippen LogP) is 6.40. The van der Waals surface area contributed by atoms with E-state index >= 15 is 0 Å². The van der Waals surface area contributed by atoms with Crippen molar-refractivity contribution < 1.29 is 13.9 Å². The lowest BCUT2D eigenvalue weighted by Crippen LogP contribution is -2.23. The molecular formula is C27H30ClFN4O2. The van der Waals surface area contributed by atoms with Gasteiger partial charge in [0.1, 0.15) is 11.6 Å². The Morgan fingerprint density at radius 1 is 1.20 bits per heavy atom. The van der Waals surface area contributed by atoms with Crippen molar-refractivity contribution >= 4 is 45.5 Å². The van der Waals surface area contributed by atoms with E-state index in [-0.39, 0.29) is 10.9 Å². The number of ether oxygens (including phenoxy) is 1. The molecule has 0 saturated heterocycles. The van der Waals surface area contributed by atoms with Crippen molar-refractivity contribution in [2.45, 2.75) is 26.7 Å². The number of benzene rings is 2.